The van der Waals surface area contributed by atoms with Crippen molar-refractivity contribution in [3.8, 4) is 0 Å². The Morgan fingerprint density at radius 2 is 1.94 bits per heavy atom. The second-order valence-electron chi connectivity index (χ2n) is 8.10. The van der Waals surface area contributed by atoms with Crippen molar-refractivity contribution in [2.75, 3.05) is 37.6 Å². The number of likely N-dealkylation sites (tertiary alicyclic amines) is 1. The van der Waals surface area contributed by atoms with Gasteiger partial charge in [-0.05, 0) is 44.0 Å². The number of alkyl halides is 1. The summed E-state index contributed by atoms with van der Waals surface area (Å²) in [6.45, 7) is 2.32. The van der Waals surface area contributed by atoms with Crippen molar-refractivity contribution >= 4 is 35.1 Å². The standard InChI is InChI=1S/C21H26ClFN4O4/c22-15-2-1-13(11-17(15)27-10-6-19(28)25-21(27)30)20(29)26-8-4-14(5-9-26)31-18-3-7-24-12-16(18)23/h1-2,11,14,16,18,24H,3-10,12H2,(H,25,28,30)/t16-,18-/m1/s1. The van der Waals surface area contributed by atoms with E-state index in [-0.39, 0.29) is 37.0 Å². The summed E-state index contributed by atoms with van der Waals surface area (Å²) >= 11 is 6.26. The number of piperidine rings is 2. The largest absolute Gasteiger partial charge is 0.372 e. The van der Waals surface area contributed by atoms with Crippen LogP contribution in [0.5, 0.6) is 0 Å². The van der Waals surface area contributed by atoms with E-state index in [0.29, 0.717) is 55.2 Å². The highest BCUT2D eigenvalue weighted by Gasteiger charge is 2.32. The maximum atomic E-state index is 14.0. The molecule has 3 fully saturated rings. The number of hydrogen-bond donors (Lipinski definition) is 2. The van der Waals surface area contributed by atoms with Gasteiger partial charge in [-0.2, -0.15) is 0 Å². The number of ether oxygens (including phenoxy) is 1. The van der Waals surface area contributed by atoms with Gasteiger partial charge < -0.3 is 15.0 Å². The van der Waals surface area contributed by atoms with Crippen LogP contribution in [0.15, 0.2) is 18.2 Å². The van der Waals surface area contributed by atoms with Gasteiger partial charge in [0.15, 0.2) is 0 Å². The van der Waals surface area contributed by atoms with Gasteiger partial charge in [0.05, 0.1) is 22.9 Å². The summed E-state index contributed by atoms with van der Waals surface area (Å²) in [6, 6.07) is 4.25. The Morgan fingerprint density at radius 1 is 1.16 bits per heavy atom. The van der Waals surface area contributed by atoms with Crippen LogP contribution < -0.4 is 15.5 Å². The highest BCUT2D eigenvalue weighted by Crippen LogP contribution is 2.29. The van der Waals surface area contributed by atoms with E-state index in [1.165, 1.54) is 4.90 Å². The maximum absolute atomic E-state index is 14.0. The lowest BCUT2D eigenvalue weighted by molar-refractivity contribution is -0.120. The Morgan fingerprint density at radius 3 is 2.65 bits per heavy atom. The summed E-state index contributed by atoms with van der Waals surface area (Å²) in [5, 5.41) is 5.60. The van der Waals surface area contributed by atoms with Gasteiger partial charge >= 0.3 is 6.03 Å². The summed E-state index contributed by atoms with van der Waals surface area (Å²) in [4.78, 5) is 39.7. The Kier molecular flexibility index (Phi) is 6.74. The van der Waals surface area contributed by atoms with Crippen LogP contribution in [0, 0.1) is 0 Å². The number of imide groups is 1. The Hall–Kier alpha value is -2.23. The quantitative estimate of drug-likeness (QED) is 0.730. The number of rotatable bonds is 4. The number of nitrogens with one attached hydrogen (secondary N) is 2. The molecule has 0 radical (unpaired) electrons. The molecule has 0 aliphatic carbocycles. The molecular formula is C21H26ClFN4O4. The molecule has 0 spiro atoms. The molecule has 0 bridgehead atoms. The SMILES string of the molecule is O=C1CCN(c2cc(C(=O)N3CCC(O[C@@H]4CCNC[C@H]4F)CC3)ccc2Cl)C(=O)N1. The second kappa shape index (κ2) is 9.50. The summed E-state index contributed by atoms with van der Waals surface area (Å²) in [5.74, 6) is -0.492. The second-order valence-corrected chi connectivity index (χ2v) is 8.50. The number of nitrogens with zero attached hydrogens (tertiary/aromatic N) is 2. The molecule has 3 aliphatic rings. The van der Waals surface area contributed by atoms with E-state index in [1.807, 2.05) is 0 Å². The van der Waals surface area contributed by atoms with Gasteiger partial charge in [0.2, 0.25) is 5.91 Å². The Bertz CT molecular complexity index is 862. The number of anilines is 1. The normalized spacial score (nSPS) is 25.5. The molecule has 0 aromatic heterocycles. The molecule has 168 valence electrons. The molecule has 8 nitrogen and oxygen atoms in total. The molecule has 4 amide bonds. The zero-order valence-corrected chi connectivity index (χ0v) is 17.9. The molecule has 3 aliphatic heterocycles. The molecule has 2 atom stereocenters. The monoisotopic (exact) mass is 452 g/mol. The molecule has 0 unspecified atom stereocenters. The van der Waals surface area contributed by atoms with Crippen LogP contribution in [-0.4, -0.2) is 73.8 Å². The van der Waals surface area contributed by atoms with E-state index >= 15 is 0 Å². The molecule has 0 saturated carbocycles. The number of urea groups is 1. The Balaban J connectivity index is 1.38. The van der Waals surface area contributed by atoms with Gasteiger partial charge in [-0.15, -0.1) is 0 Å². The van der Waals surface area contributed by atoms with E-state index in [0.717, 1.165) is 6.54 Å². The molecule has 1 aromatic carbocycles. The lowest BCUT2D eigenvalue weighted by atomic mass is 10.0. The Labute approximate surface area is 185 Å². The van der Waals surface area contributed by atoms with Gasteiger partial charge in [-0.1, -0.05) is 11.6 Å². The first-order valence-corrected chi connectivity index (χ1v) is 11.0. The number of carbonyl (C=O) groups excluding carboxylic acids is 3. The number of benzene rings is 1. The van der Waals surface area contributed by atoms with Crippen LogP contribution in [-0.2, 0) is 9.53 Å². The lowest BCUT2D eigenvalue weighted by Gasteiger charge is -2.36. The lowest BCUT2D eigenvalue weighted by Crippen LogP contribution is -2.49. The van der Waals surface area contributed by atoms with Crippen molar-refractivity contribution in [3.05, 3.63) is 28.8 Å². The van der Waals surface area contributed by atoms with Gasteiger partial charge in [-0.3, -0.25) is 19.8 Å². The predicted molar refractivity (Wildman–Crippen MR) is 113 cm³/mol. The fourth-order valence-electron chi connectivity index (χ4n) is 4.22. The van der Waals surface area contributed by atoms with E-state index in [4.69, 9.17) is 16.3 Å². The number of halogens is 2. The number of amides is 4. The van der Waals surface area contributed by atoms with Crippen LogP contribution in [0.4, 0.5) is 14.9 Å². The molecule has 2 N–H and O–H groups in total. The zero-order valence-electron chi connectivity index (χ0n) is 17.1. The minimum atomic E-state index is -0.997. The molecule has 1 aromatic rings. The average Bonchev–Trinajstić information content (AvgIpc) is 2.76. The third kappa shape index (κ3) is 4.99. The van der Waals surface area contributed by atoms with Crippen molar-refractivity contribution in [1.82, 2.24) is 15.5 Å². The minimum absolute atomic E-state index is 0.0549. The van der Waals surface area contributed by atoms with Crippen molar-refractivity contribution in [1.29, 1.82) is 0 Å². The highest BCUT2D eigenvalue weighted by molar-refractivity contribution is 6.34. The van der Waals surface area contributed by atoms with Gasteiger partial charge in [-0.25, -0.2) is 9.18 Å². The van der Waals surface area contributed by atoms with Crippen molar-refractivity contribution < 1.29 is 23.5 Å². The first-order valence-electron chi connectivity index (χ1n) is 10.6. The summed E-state index contributed by atoms with van der Waals surface area (Å²) in [5.41, 5.74) is 0.821. The van der Waals surface area contributed by atoms with E-state index in [1.54, 1.807) is 23.1 Å². The smallest absolute Gasteiger partial charge is 0.328 e. The fourth-order valence-corrected chi connectivity index (χ4v) is 4.44. The fraction of sp³-hybridized carbons (Fsp3) is 0.571. The molecule has 31 heavy (non-hydrogen) atoms. The van der Waals surface area contributed by atoms with Crippen molar-refractivity contribution in [3.63, 3.8) is 0 Å². The van der Waals surface area contributed by atoms with Crippen LogP contribution in [0.2, 0.25) is 5.02 Å². The van der Waals surface area contributed by atoms with Crippen LogP contribution in [0.3, 0.4) is 0 Å². The first kappa shape index (κ1) is 22.0. The molecule has 3 heterocycles. The molecular weight excluding hydrogens is 427 g/mol. The van der Waals surface area contributed by atoms with Gasteiger partial charge in [0.25, 0.3) is 5.91 Å². The average molecular weight is 453 g/mol. The summed E-state index contributed by atoms with van der Waals surface area (Å²) < 4.78 is 20.0. The van der Waals surface area contributed by atoms with Gasteiger partial charge in [0, 0.05) is 38.2 Å². The van der Waals surface area contributed by atoms with Crippen LogP contribution in [0.1, 0.15) is 36.0 Å². The molecule has 10 heteroatoms. The zero-order chi connectivity index (χ0) is 22.0. The minimum Gasteiger partial charge on any atom is -0.372 e. The summed E-state index contributed by atoms with van der Waals surface area (Å²) in [7, 11) is 0. The number of carbonyl (C=O) groups is 3. The van der Waals surface area contributed by atoms with Gasteiger partial charge in [0.1, 0.15) is 6.17 Å². The molecule has 4 rings (SSSR count). The van der Waals surface area contributed by atoms with Crippen molar-refractivity contribution in [2.24, 2.45) is 0 Å². The van der Waals surface area contributed by atoms with Crippen molar-refractivity contribution in [2.45, 2.75) is 44.1 Å². The predicted octanol–water partition coefficient (Wildman–Crippen LogP) is 2.11. The maximum Gasteiger partial charge on any atom is 0.328 e. The van der Waals surface area contributed by atoms with E-state index < -0.39 is 12.2 Å². The van der Waals surface area contributed by atoms with E-state index in [9.17, 15) is 18.8 Å². The third-order valence-electron chi connectivity index (χ3n) is 5.98. The van der Waals surface area contributed by atoms with Crippen LogP contribution >= 0.6 is 11.6 Å². The summed E-state index contributed by atoms with van der Waals surface area (Å²) in [6.07, 6.45) is 0.700. The highest BCUT2D eigenvalue weighted by atomic mass is 35.5. The first-order chi connectivity index (χ1) is 14.9. The van der Waals surface area contributed by atoms with E-state index in [2.05, 4.69) is 10.6 Å². The number of hydrogen-bond acceptors (Lipinski definition) is 5. The van der Waals surface area contributed by atoms with Crippen LogP contribution in [0.25, 0.3) is 0 Å². The molecule has 3 saturated heterocycles. The third-order valence-corrected chi connectivity index (χ3v) is 6.30. The topological polar surface area (TPSA) is 91.0 Å².